The summed E-state index contributed by atoms with van der Waals surface area (Å²) in [5.74, 6) is -1.52. The first-order chi connectivity index (χ1) is 11.8. The summed E-state index contributed by atoms with van der Waals surface area (Å²) in [5.41, 5.74) is 0.265. The van der Waals surface area contributed by atoms with Crippen molar-refractivity contribution in [3.05, 3.63) is 29.5 Å². The number of anilines is 1. The number of hydrogen-bond donors (Lipinski definition) is 0. The average molecular weight is 402 g/mol. The van der Waals surface area contributed by atoms with Crippen LogP contribution in [0, 0.1) is 6.92 Å². The lowest BCUT2D eigenvalue weighted by Gasteiger charge is -2.18. The molecule has 11 heteroatoms. The summed E-state index contributed by atoms with van der Waals surface area (Å²) in [6.45, 7) is 2.52. The first-order valence-electron chi connectivity index (χ1n) is 7.25. The Bertz CT molecular complexity index is 1130. The van der Waals surface area contributed by atoms with Crippen molar-refractivity contribution in [3.63, 3.8) is 0 Å². The van der Waals surface area contributed by atoms with Crippen LogP contribution in [0.25, 0.3) is 10.9 Å². The molecule has 0 radical (unpaired) electrons. The quantitative estimate of drug-likeness (QED) is 0.696. The number of sulfonamides is 1. The van der Waals surface area contributed by atoms with Gasteiger partial charge in [-0.1, -0.05) is 0 Å². The summed E-state index contributed by atoms with van der Waals surface area (Å²) < 4.78 is 54.4. The highest BCUT2D eigenvalue weighted by Crippen LogP contribution is 2.32. The van der Waals surface area contributed by atoms with Crippen LogP contribution in [0.15, 0.2) is 18.2 Å². The molecule has 26 heavy (non-hydrogen) atoms. The largest absolute Gasteiger partial charge is 0.465 e. The number of carbonyl (C=O) groups excluding carboxylic acids is 2. The maximum atomic E-state index is 12.2. The van der Waals surface area contributed by atoms with Gasteiger partial charge in [0.05, 0.1) is 36.4 Å². The van der Waals surface area contributed by atoms with Gasteiger partial charge in [-0.25, -0.2) is 29.9 Å². The predicted octanol–water partition coefficient (Wildman–Crippen LogP) is 0.857. The minimum absolute atomic E-state index is 0.0108. The number of benzene rings is 1. The average Bonchev–Trinajstić information content (AvgIpc) is 2.75. The number of amides is 1. The van der Waals surface area contributed by atoms with Gasteiger partial charge >= 0.3 is 5.97 Å². The van der Waals surface area contributed by atoms with Gasteiger partial charge in [-0.05, 0) is 25.1 Å². The molecule has 0 fully saturated rings. The Morgan fingerprint density at radius 3 is 2.12 bits per heavy atom. The molecular weight excluding hydrogens is 384 g/mol. The molecular formula is C15H18N2O7S2. The highest BCUT2D eigenvalue weighted by molar-refractivity contribution is 7.92. The molecule has 0 saturated heterocycles. The minimum atomic E-state index is -3.91. The second kappa shape index (κ2) is 6.40. The molecule has 0 aliphatic carbocycles. The van der Waals surface area contributed by atoms with Gasteiger partial charge in [0, 0.05) is 18.0 Å². The third-order valence-corrected chi connectivity index (χ3v) is 5.97. The fourth-order valence-electron chi connectivity index (χ4n) is 2.90. The SMILES string of the molecule is COC(=O)c1c(C)n(S(C)(=O)=O)c2ccc(N(C(C)=O)S(C)(=O)=O)cc12. The highest BCUT2D eigenvalue weighted by Gasteiger charge is 2.28. The van der Waals surface area contributed by atoms with Crippen LogP contribution in [0.3, 0.4) is 0 Å². The maximum absolute atomic E-state index is 12.2. The van der Waals surface area contributed by atoms with Gasteiger partial charge in [0.1, 0.15) is 0 Å². The Labute approximate surface area is 151 Å². The maximum Gasteiger partial charge on any atom is 0.340 e. The second-order valence-electron chi connectivity index (χ2n) is 5.73. The molecule has 2 aromatic rings. The Balaban J connectivity index is 2.97. The van der Waals surface area contributed by atoms with Crippen LogP contribution >= 0.6 is 0 Å². The molecule has 2 rings (SSSR count). The molecule has 1 heterocycles. The molecule has 0 aliphatic heterocycles. The molecule has 0 bridgehead atoms. The molecule has 0 N–H and O–H groups in total. The van der Waals surface area contributed by atoms with Gasteiger partial charge in [-0.3, -0.25) is 4.79 Å². The zero-order valence-electron chi connectivity index (χ0n) is 14.8. The summed E-state index contributed by atoms with van der Waals surface area (Å²) in [6, 6.07) is 3.91. The van der Waals surface area contributed by atoms with E-state index in [0.717, 1.165) is 30.5 Å². The summed E-state index contributed by atoms with van der Waals surface area (Å²) >= 11 is 0. The highest BCUT2D eigenvalue weighted by atomic mass is 32.2. The number of nitrogens with zero attached hydrogens (tertiary/aromatic N) is 2. The zero-order chi connectivity index (χ0) is 20.0. The van der Waals surface area contributed by atoms with Crippen LogP contribution in [0.2, 0.25) is 0 Å². The Kier molecular flexibility index (Phi) is 4.90. The standard InChI is InChI=1S/C15H18N2O7S2/c1-9-14(15(19)24-3)12-8-11(17(10(2)18)26(5,22)23)6-7-13(12)16(9)25(4,20)21/h6-8H,1-5H3. The third-order valence-electron chi connectivity index (χ3n) is 3.71. The molecule has 1 aromatic carbocycles. The number of esters is 1. The fraction of sp³-hybridized carbons (Fsp3) is 0.333. The van der Waals surface area contributed by atoms with Crippen LogP contribution in [-0.2, 0) is 29.6 Å². The van der Waals surface area contributed by atoms with Crippen molar-refractivity contribution < 1.29 is 31.2 Å². The minimum Gasteiger partial charge on any atom is -0.465 e. The Hall–Kier alpha value is -2.40. The van der Waals surface area contributed by atoms with Crippen molar-refractivity contribution in [1.82, 2.24) is 3.97 Å². The topological polar surface area (TPSA) is 120 Å². The fourth-order valence-corrected chi connectivity index (χ4v) is 4.97. The van der Waals surface area contributed by atoms with Gasteiger partial charge in [-0.15, -0.1) is 0 Å². The van der Waals surface area contributed by atoms with E-state index >= 15 is 0 Å². The molecule has 0 atom stereocenters. The number of carbonyl (C=O) groups is 2. The van der Waals surface area contributed by atoms with E-state index in [-0.39, 0.29) is 27.8 Å². The molecule has 0 spiro atoms. The molecule has 0 unspecified atom stereocenters. The number of hydrogen-bond acceptors (Lipinski definition) is 7. The monoisotopic (exact) mass is 402 g/mol. The number of aromatic nitrogens is 1. The lowest BCUT2D eigenvalue weighted by Crippen LogP contribution is -2.34. The van der Waals surface area contributed by atoms with Gasteiger partial charge in [0.15, 0.2) is 0 Å². The van der Waals surface area contributed by atoms with Crippen molar-refractivity contribution >= 4 is 48.5 Å². The van der Waals surface area contributed by atoms with Crippen LogP contribution in [0.5, 0.6) is 0 Å². The van der Waals surface area contributed by atoms with Crippen LogP contribution in [0.1, 0.15) is 23.0 Å². The van der Waals surface area contributed by atoms with Crippen molar-refractivity contribution in [2.24, 2.45) is 0 Å². The predicted molar refractivity (Wildman–Crippen MR) is 96.3 cm³/mol. The lowest BCUT2D eigenvalue weighted by molar-refractivity contribution is -0.115. The van der Waals surface area contributed by atoms with Crippen molar-refractivity contribution in [2.45, 2.75) is 13.8 Å². The zero-order valence-corrected chi connectivity index (χ0v) is 16.4. The molecule has 9 nitrogen and oxygen atoms in total. The first-order valence-corrected chi connectivity index (χ1v) is 10.9. The third kappa shape index (κ3) is 3.31. The van der Waals surface area contributed by atoms with E-state index < -0.39 is 31.9 Å². The van der Waals surface area contributed by atoms with Gasteiger partial charge < -0.3 is 4.74 Å². The number of rotatable bonds is 4. The molecule has 142 valence electrons. The number of methoxy groups -OCH3 is 1. The van der Waals surface area contributed by atoms with E-state index in [9.17, 15) is 26.4 Å². The van der Waals surface area contributed by atoms with Crippen molar-refractivity contribution in [1.29, 1.82) is 0 Å². The smallest absolute Gasteiger partial charge is 0.340 e. The van der Waals surface area contributed by atoms with Gasteiger partial charge in [0.25, 0.3) is 0 Å². The van der Waals surface area contributed by atoms with E-state index in [1.807, 2.05) is 0 Å². The second-order valence-corrected chi connectivity index (χ2v) is 9.39. The van der Waals surface area contributed by atoms with Crippen LogP contribution in [-0.4, -0.2) is 52.3 Å². The summed E-state index contributed by atoms with van der Waals surface area (Å²) in [7, 11) is -6.52. The van der Waals surface area contributed by atoms with E-state index in [2.05, 4.69) is 0 Å². The van der Waals surface area contributed by atoms with Gasteiger partial charge in [0.2, 0.25) is 26.0 Å². The Morgan fingerprint density at radius 1 is 1.12 bits per heavy atom. The summed E-state index contributed by atoms with van der Waals surface area (Å²) in [4.78, 5) is 24.0. The number of fused-ring (bicyclic) bond motifs is 1. The summed E-state index contributed by atoms with van der Waals surface area (Å²) in [5, 5.41) is 0.159. The molecule has 1 amide bonds. The van der Waals surface area contributed by atoms with Gasteiger partial charge in [-0.2, -0.15) is 0 Å². The van der Waals surface area contributed by atoms with E-state index in [1.165, 1.54) is 25.1 Å². The normalized spacial score (nSPS) is 12.2. The van der Waals surface area contributed by atoms with Crippen molar-refractivity contribution in [2.75, 3.05) is 23.9 Å². The molecule has 0 saturated carbocycles. The Morgan fingerprint density at radius 2 is 1.69 bits per heavy atom. The lowest BCUT2D eigenvalue weighted by atomic mass is 10.1. The van der Waals surface area contributed by atoms with Crippen molar-refractivity contribution in [3.8, 4) is 0 Å². The van der Waals surface area contributed by atoms with E-state index in [1.54, 1.807) is 0 Å². The van der Waals surface area contributed by atoms with Crippen LogP contribution in [0.4, 0.5) is 5.69 Å². The van der Waals surface area contributed by atoms with E-state index in [4.69, 9.17) is 4.74 Å². The number of ether oxygens (including phenoxy) is 1. The molecule has 0 aliphatic rings. The first kappa shape index (κ1) is 19.9. The van der Waals surface area contributed by atoms with E-state index in [0.29, 0.717) is 4.31 Å². The molecule has 1 aromatic heterocycles. The summed E-state index contributed by atoms with van der Waals surface area (Å²) in [6.07, 6.45) is 1.85. The van der Waals surface area contributed by atoms with Crippen LogP contribution < -0.4 is 4.31 Å².